The average Bonchev–Trinajstić information content (AvgIpc) is 2.82. The molecule has 0 aliphatic heterocycles. The summed E-state index contributed by atoms with van der Waals surface area (Å²) in [6.07, 6.45) is 2.36. The van der Waals surface area contributed by atoms with Gasteiger partial charge < -0.3 is 9.88 Å². The Labute approximate surface area is 83.0 Å². The highest BCUT2D eigenvalue weighted by atomic mass is 16.1. The summed E-state index contributed by atoms with van der Waals surface area (Å²) in [5, 5.41) is 0. The second-order valence-corrected chi connectivity index (χ2v) is 4.13. The molecule has 14 heavy (non-hydrogen) atoms. The number of H-pyrrole nitrogens is 1. The minimum Gasteiger partial charge on any atom is -0.309 e. The molecule has 1 aliphatic rings. The van der Waals surface area contributed by atoms with Crippen molar-refractivity contribution in [1.29, 1.82) is 0 Å². The number of hydrogen-bond donors (Lipinski definition) is 1. The van der Waals surface area contributed by atoms with Gasteiger partial charge in [-0.1, -0.05) is 0 Å². The zero-order chi connectivity index (χ0) is 10.1. The van der Waals surface area contributed by atoms with Crippen molar-refractivity contribution >= 4 is 0 Å². The van der Waals surface area contributed by atoms with Crippen LogP contribution in [0, 0.1) is 0 Å². The summed E-state index contributed by atoms with van der Waals surface area (Å²) >= 11 is 0. The molecule has 0 unspecified atom stereocenters. The van der Waals surface area contributed by atoms with Crippen LogP contribution in [0.25, 0.3) is 0 Å². The first kappa shape index (κ1) is 9.40. The fraction of sp³-hybridized carbons (Fsp3) is 0.600. The Morgan fingerprint density at radius 2 is 2.29 bits per heavy atom. The maximum absolute atomic E-state index is 11.3. The summed E-state index contributed by atoms with van der Waals surface area (Å²) in [5.74, 6) is 1.31. The quantitative estimate of drug-likeness (QED) is 0.769. The van der Waals surface area contributed by atoms with E-state index in [9.17, 15) is 4.79 Å². The minimum absolute atomic E-state index is 0.0289. The second kappa shape index (κ2) is 3.53. The molecule has 0 bridgehead atoms. The maximum atomic E-state index is 11.3. The van der Waals surface area contributed by atoms with Gasteiger partial charge in [0.15, 0.2) is 0 Å². The van der Waals surface area contributed by atoms with Crippen molar-refractivity contribution in [2.75, 3.05) is 14.1 Å². The standard InChI is InChI=1S/C10H15N3O/c1-13(2)6-9-11-8(7-3-4-7)5-10(14)12-9/h5,7H,3-4,6H2,1-2H3,(H,11,12,14). The van der Waals surface area contributed by atoms with E-state index in [1.807, 2.05) is 19.0 Å². The zero-order valence-corrected chi connectivity index (χ0v) is 8.58. The SMILES string of the molecule is CN(C)Cc1nc(C2CC2)cc(=O)[nH]1. The summed E-state index contributed by atoms with van der Waals surface area (Å²) in [6, 6.07) is 1.62. The Hall–Kier alpha value is -1.16. The first-order valence-corrected chi connectivity index (χ1v) is 4.90. The van der Waals surface area contributed by atoms with Gasteiger partial charge in [0.2, 0.25) is 0 Å². The molecule has 1 aliphatic carbocycles. The molecule has 1 heterocycles. The van der Waals surface area contributed by atoms with Crippen LogP contribution in [0.4, 0.5) is 0 Å². The van der Waals surface area contributed by atoms with E-state index < -0.39 is 0 Å². The fourth-order valence-corrected chi connectivity index (χ4v) is 1.49. The highest BCUT2D eigenvalue weighted by Crippen LogP contribution is 2.38. The Balaban J connectivity index is 2.26. The zero-order valence-electron chi connectivity index (χ0n) is 8.58. The molecule has 76 valence electrons. The van der Waals surface area contributed by atoms with Crippen molar-refractivity contribution in [2.24, 2.45) is 0 Å². The Bertz CT molecular complexity index is 379. The van der Waals surface area contributed by atoms with E-state index >= 15 is 0 Å². The highest BCUT2D eigenvalue weighted by molar-refractivity contribution is 5.14. The molecule has 1 aromatic rings. The van der Waals surface area contributed by atoms with Gasteiger partial charge in [0.25, 0.3) is 5.56 Å². The van der Waals surface area contributed by atoms with Gasteiger partial charge in [-0.05, 0) is 26.9 Å². The first-order chi connectivity index (χ1) is 6.65. The van der Waals surface area contributed by atoms with Gasteiger partial charge in [-0.15, -0.1) is 0 Å². The van der Waals surface area contributed by atoms with Crippen LogP contribution < -0.4 is 5.56 Å². The van der Waals surface area contributed by atoms with Crippen LogP contribution in [0.5, 0.6) is 0 Å². The van der Waals surface area contributed by atoms with Crippen LogP contribution in [-0.2, 0) is 6.54 Å². The third-order valence-electron chi connectivity index (χ3n) is 2.27. The van der Waals surface area contributed by atoms with E-state index in [-0.39, 0.29) is 5.56 Å². The van der Waals surface area contributed by atoms with Crippen molar-refractivity contribution in [3.8, 4) is 0 Å². The number of hydrogen-bond acceptors (Lipinski definition) is 3. The number of rotatable bonds is 3. The average molecular weight is 193 g/mol. The molecule has 0 aromatic carbocycles. The summed E-state index contributed by atoms with van der Waals surface area (Å²) in [7, 11) is 3.92. The van der Waals surface area contributed by atoms with Crippen LogP contribution in [0.2, 0.25) is 0 Å². The molecular formula is C10H15N3O. The van der Waals surface area contributed by atoms with E-state index in [2.05, 4.69) is 9.97 Å². The predicted octanol–water partition coefficient (Wildman–Crippen LogP) is 0.709. The number of nitrogens with one attached hydrogen (secondary N) is 1. The lowest BCUT2D eigenvalue weighted by molar-refractivity contribution is 0.389. The summed E-state index contributed by atoms with van der Waals surface area (Å²) in [6.45, 7) is 0.690. The van der Waals surface area contributed by atoms with Crippen LogP contribution >= 0.6 is 0 Å². The molecule has 0 amide bonds. The Morgan fingerprint density at radius 3 is 2.86 bits per heavy atom. The lowest BCUT2D eigenvalue weighted by Gasteiger charge is -2.09. The molecule has 1 N–H and O–H groups in total. The van der Waals surface area contributed by atoms with Crippen LogP contribution in [0.15, 0.2) is 10.9 Å². The van der Waals surface area contributed by atoms with Crippen molar-refractivity contribution in [2.45, 2.75) is 25.3 Å². The van der Waals surface area contributed by atoms with Gasteiger partial charge >= 0.3 is 0 Å². The number of nitrogens with zero attached hydrogens (tertiary/aromatic N) is 2. The third-order valence-corrected chi connectivity index (χ3v) is 2.27. The largest absolute Gasteiger partial charge is 0.309 e. The van der Waals surface area contributed by atoms with E-state index in [1.54, 1.807) is 6.07 Å². The van der Waals surface area contributed by atoms with Crippen LogP contribution in [0.3, 0.4) is 0 Å². The molecule has 0 radical (unpaired) electrons. The lowest BCUT2D eigenvalue weighted by atomic mass is 10.3. The van der Waals surface area contributed by atoms with E-state index in [0.717, 1.165) is 11.5 Å². The molecule has 4 nitrogen and oxygen atoms in total. The molecule has 0 spiro atoms. The van der Waals surface area contributed by atoms with Gasteiger partial charge in [-0.3, -0.25) is 4.79 Å². The van der Waals surface area contributed by atoms with Crippen LogP contribution in [-0.4, -0.2) is 29.0 Å². The summed E-state index contributed by atoms with van der Waals surface area (Å²) in [4.78, 5) is 20.5. The smallest absolute Gasteiger partial charge is 0.251 e. The molecule has 0 saturated heterocycles. The van der Waals surface area contributed by atoms with Crippen molar-refractivity contribution in [3.63, 3.8) is 0 Å². The van der Waals surface area contributed by atoms with E-state index in [1.165, 1.54) is 12.8 Å². The van der Waals surface area contributed by atoms with Crippen LogP contribution in [0.1, 0.15) is 30.3 Å². The van der Waals surface area contributed by atoms with Gasteiger partial charge in [-0.2, -0.15) is 0 Å². The normalized spacial score (nSPS) is 16.2. The Kier molecular flexibility index (Phi) is 2.37. The summed E-state index contributed by atoms with van der Waals surface area (Å²) < 4.78 is 0. The second-order valence-electron chi connectivity index (χ2n) is 4.13. The predicted molar refractivity (Wildman–Crippen MR) is 54.2 cm³/mol. The molecule has 1 saturated carbocycles. The summed E-state index contributed by atoms with van der Waals surface area (Å²) in [5.41, 5.74) is 0.935. The number of aromatic amines is 1. The lowest BCUT2D eigenvalue weighted by Crippen LogP contribution is -2.19. The van der Waals surface area contributed by atoms with Crippen molar-refractivity contribution in [3.05, 3.63) is 27.9 Å². The topological polar surface area (TPSA) is 49.0 Å². The third kappa shape index (κ3) is 2.20. The molecule has 1 fully saturated rings. The minimum atomic E-state index is -0.0289. The van der Waals surface area contributed by atoms with Gasteiger partial charge in [0, 0.05) is 12.0 Å². The van der Waals surface area contributed by atoms with Crippen molar-refractivity contribution < 1.29 is 0 Å². The molecule has 0 atom stereocenters. The molecular weight excluding hydrogens is 178 g/mol. The van der Waals surface area contributed by atoms with Crippen molar-refractivity contribution in [1.82, 2.24) is 14.9 Å². The first-order valence-electron chi connectivity index (χ1n) is 4.90. The monoisotopic (exact) mass is 193 g/mol. The maximum Gasteiger partial charge on any atom is 0.251 e. The van der Waals surface area contributed by atoms with E-state index in [0.29, 0.717) is 12.5 Å². The van der Waals surface area contributed by atoms with Gasteiger partial charge in [-0.25, -0.2) is 4.98 Å². The fourth-order valence-electron chi connectivity index (χ4n) is 1.49. The Morgan fingerprint density at radius 1 is 1.57 bits per heavy atom. The highest BCUT2D eigenvalue weighted by Gasteiger charge is 2.25. The van der Waals surface area contributed by atoms with Gasteiger partial charge in [0.05, 0.1) is 12.2 Å². The van der Waals surface area contributed by atoms with E-state index in [4.69, 9.17) is 0 Å². The van der Waals surface area contributed by atoms with Gasteiger partial charge in [0.1, 0.15) is 5.82 Å². The molecule has 2 rings (SSSR count). The molecule has 4 heteroatoms. The number of aromatic nitrogens is 2. The molecule has 1 aromatic heterocycles.